The number of aromatic nitrogens is 1. The van der Waals surface area contributed by atoms with Crippen LogP contribution in [-0.4, -0.2) is 49.1 Å². The Morgan fingerprint density at radius 1 is 1.09 bits per heavy atom. The highest BCUT2D eigenvalue weighted by atomic mass is 32.2. The predicted molar refractivity (Wildman–Crippen MR) is 87.4 cm³/mol. The number of sulfonamides is 1. The number of pyridine rings is 1. The first kappa shape index (κ1) is 14.8. The molecule has 1 saturated heterocycles. The van der Waals surface area contributed by atoms with E-state index < -0.39 is 10.0 Å². The number of piperazine rings is 1. The maximum atomic E-state index is 13.6. The van der Waals surface area contributed by atoms with Crippen molar-refractivity contribution in [2.45, 2.75) is 18.1 Å². The molecule has 0 amide bonds. The van der Waals surface area contributed by atoms with E-state index in [-0.39, 0.29) is 11.1 Å². The van der Waals surface area contributed by atoms with Gasteiger partial charge in [0.2, 0.25) is 10.0 Å². The molecule has 5 nitrogen and oxygen atoms in total. The molecule has 0 unspecified atom stereocenters. The third-order valence-electron chi connectivity index (χ3n) is 4.57. The van der Waals surface area contributed by atoms with Gasteiger partial charge in [-0.25, -0.2) is 12.8 Å². The summed E-state index contributed by atoms with van der Waals surface area (Å²) in [6.07, 6.45) is 3.29. The highest BCUT2D eigenvalue weighted by Crippen LogP contribution is 2.32. The van der Waals surface area contributed by atoms with Crippen molar-refractivity contribution in [3.63, 3.8) is 0 Å². The van der Waals surface area contributed by atoms with Crippen LogP contribution in [0.1, 0.15) is 12.8 Å². The number of anilines is 1. The molecule has 0 bridgehead atoms. The molecule has 122 valence electrons. The van der Waals surface area contributed by atoms with Crippen molar-refractivity contribution in [1.82, 2.24) is 9.29 Å². The Labute approximate surface area is 134 Å². The van der Waals surface area contributed by atoms with Gasteiger partial charge < -0.3 is 4.90 Å². The van der Waals surface area contributed by atoms with Crippen molar-refractivity contribution in [3.8, 4) is 0 Å². The molecule has 2 fully saturated rings. The zero-order valence-corrected chi connectivity index (χ0v) is 13.5. The lowest BCUT2D eigenvalue weighted by Gasteiger charge is -2.35. The van der Waals surface area contributed by atoms with E-state index >= 15 is 0 Å². The Morgan fingerprint density at radius 2 is 1.83 bits per heavy atom. The second kappa shape index (κ2) is 5.42. The Kier molecular flexibility index (Phi) is 3.50. The zero-order chi connectivity index (χ0) is 16.0. The molecule has 4 rings (SSSR count). The number of hydrogen-bond acceptors (Lipinski definition) is 4. The number of rotatable bonds is 3. The summed E-state index contributed by atoms with van der Waals surface area (Å²) in [5.41, 5.74) is 1.66. The fourth-order valence-electron chi connectivity index (χ4n) is 3.14. The first-order valence-corrected chi connectivity index (χ1v) is 9.34. The van der Waals surface area contributed by atoms with Crippen LogP contribution in [0.25, 0.3) is 10.9 Å². The van der Waals surface area contributed by atoms with Crippen molar-refractivity contribution in [2.75, 3.05) is 31.1 Å². The molecule has 0 atom stereocenters. The first-order valence-electron chi connectivity index (χ1n) is 7.84. The van der Waals surface area contributed by atoms with Crippen molar-refractivity contribution >= 4 is 26.6 Å². The summed E-state index contributed by atoms with van der Waals surface area (Å²) in [5.74, 6) is -0.290. The van der Waals surface area contributed by atoms with Gasteiger partial charge in [0.25, 0.3) is 0 Å². The summed E-state index contributed by atoms with van der Waals surface area (Å²) in [6.45, 7) is 2.19. The van der Waals surface area contributed by atoms with Gasteiger partial charge in [-0.1, -0.05) is 0 Å². The molecule has 2 heterocycles. The van der Waals surface area contributed by atoms with Crippen LogP contribution in [0, 0.1) is 5.82 Å². The van der Waals surface area contributed by atoms with Gasteiger partial charge in [-0.2, -0.15) is 4.31 Å². The molecule has 0 N–H and O–H groups in total. The quantitative estimate of drug-likeness (QED) is 0.861. The van der Waals surface area contributed by atoms with E-state index in [0.717, 1.165) is 29.4 Å². The van der Waals surface area contributed by atoms with Crippen molar-refractivity contribution < 1.29 is 12.8 Å². The van der Waals surface area contributed by atoms with Crippen molar-refractivity contribution in [1.29, 1.82) is 0 Å². The van der Waals surface area contributed by atoms with E-state index in [1.165, 1.54) is 12.1 Å². The Bertz CT molecular complexity index is 844. The molecule has 2 aromatic rings. The zero-order valence-electron chi connectivity index (χ0n) is 12.7. The minimum Gasteiger partial charge on any atom is -0.368 e. The molecule has 0 radical (unpaired) electrons. The minimum absolute atomic E-state index is 0.162. The van der Waals surface area contributed by atoms with Crippen LogP contribution in [0.3, 0.4) is 0 Å². The fraction of sp³-hybridized carbons (Fsp3) is 0.438. The number of hydrogen-bond donors (Lipinski definition) is 0. The van der Waals surface area contributed by atoms with Crippen LogP contribution < -0.4 is 4.90 Å². The molecule has 1 aromatic carbocycles. The number of benzene rings is 1. The molecule has 23 heavy (non-hydrogen) atoms. The van der Waals surface area contributed by atoms with E-state index in [9.17, 15) is 12.8 Å². The predicted octanol–water partition coefficient (Wildman–Crippen LogP) is 1.99. The third-order valence-corrected chi connectivity index (χ3v) is 6.96. The summed E-state index contributed by atoms with van der Waals surface area (Å²) < 4.78 is 39.8. The van der Waals surface area contributed by atoms with Crippen LogP contribution >= 0.6 is 0 Å². The maximum absolute atomic E-state index is 13.6. The van der Waals surface area contributed by atoms with Crippen LogP contribution in [0.15, 0.2) is 30.5 Å². The molecular formula is C16H18FN3O2S. The van der Waals surface area contributed by atoms with Crippen LogP contribution in [0.5, 0.6) is 0 Å². The molecule has 0 spiro atoms. The largest absolute Gasteiger partial charge is 0.368 e. The van der Waals surface area contributed by atoms with Gasteiger partial charge in [-0.05, 0) is 37.1 Å². The lowest BCUT2D eigenvalue weighted by atomic mass is 10.1. The topological polar surface area (TPSA) is 53.5 Å². The first-order chi connectivity index (χ1) is 11.1. The molecule has 2 aliphatic rings. The third kappa shape index (κ3) is 2.68. The van der Waals surface area contributed by atoms with Crippen LogP contribution in [0.4, 0.5) is 10.1 Å². The molecule has 1 aromatic heterocycles. The molecule has 7 heteroatoms. The Hall–Kier alpha value is -1.73. The second-order valence-corrected chi connectivity index (χ2v) is 8.33. The van der Waals surface area contributed by atoms with E-state index in [0.29, 0.717) is 26.2 Å². The maximum Gasteiger partial charge on any atom is 0.217 e. The highest BCUT2D eigenvalue weighted by molar-refractivity contribution is 7.90. The van der Waals surface area contributed by atoms with E-state index in [4.69, 9.17) is 0 Å². The summed E-state index contributed by atoms with van der Waals surface area (Å²) in [5, 5.41) is 0.607. The molecule has 1 aliphatic heterocycles. The monoisotopic (exact) mass is 335 g/mol. The van der Waals surface area contributed by atoms with E-state index in [2.05, 4.69) is 9.88 Å². The smallest absolute Gasteiger partial charge is 0.217 e. The summed E-state index contributed by atoms with van der Waals surface area (Å²) in [6, 6.07) is 6.43. The lowest BCUT2D eigenvalue weighted by Crippen LogP contribution is -2.49. The summed E-state index contributed by atoms with van der Waals surface area (Å²) in [7, 11) is -3.11. The Morgan fingerprint density at radius 3 is 2.52 bits per heavy atom. The second-order valence-electron chi connectivity index (χ2n) is 6.12. The summed E-state index contributed by atoms with van der Waals surface area (Å²) in [4.78, 5) is 6.38. The average Bonchev–Trinajstić information content (AvgIpc) is 3.40. The normalized spacial score (nSPS) is 20.1. The number of halogens is 1. The SMILES string of the molecule is O=S(=O)(C1CC1)N1CCN(c2ccnc3ccc(F)cc23)CC1. The van der Waals surface area contributed by atoms with Crippen molar-refractivity contribution in [2.24, 2.45) is 0 Å². The van der Waals surface area contributed by atoms with Gasteiger partial charge in [0.05, 0.1) is 10.8 Å². The van der Waals surface area contributed by atoms with Gasteiger partial charge in [-0.3, -0.25) is 4.98 Å². The number of fused-ring (bicyclic) bond motifs is 1. The fourth-order valence-corrected chi connectivity index (χ4v) is 4.97. The van der Waals surface area contributed by atoms with E-state index in [1.54, 1.807) is 16.6 Å². The van der Waals surface area contributed by atoms with Gasteiger partial charge >= 0.3 is 0 Å². The number of nitrogens with zero attached hydrogens (tertiary/aromatic N) is 3. The summed E-state index contributed by atoms with van der Waals surface area (Å²) >= 11 is 0. The molecule has 1 saturated carbocycles. The van der Waals surface area contributed by atoms with Gasteiger partial charge in [-0.15, -0.1) is 0 Å². The van der Waals surface area contributed by atoms with E-state index in [1.807, 2.05) is 6.07 Å². The minimum atomic E-state index is -3.11. The van der Waals surface area contributed by atoms with Crippen LogP contribution in [-0.2, 0) is 10.0 Å². The highest BCUT2D eigenvalue weighted by Gasteiger charge is 2.41. The van der Waals surface area contributed by atoms with Gasteiger partial charge in [0.15, 0.2) is 0 Å². The lowest BCUT2D eigenvalue weighted by molar-refractivity contribution is 0.384. The van der Waals surface area contributed by atoms with Crippen LogP contribution in [0.2, 0.25) is 0 Å². The van der Waals surface area contributed by atoms with Gasteiger partial charge in [0, 0.05) is 43.4 Å². The van der Waals surface area contributed by atoms with Gasteiger partial charge in [0.1, 0.15) is 5.82 Å². The van der Waals surface area contributed by atoms with Crippen molar-refractivity contribution in [3.05, 3.63) is 36.3 Å². The molecular weight excluding hydrogens is 317 g/mol. The molecule has 1 aliphatic carbocycles. The Balaban J connectivity index is 1.58. The standard InChI is InChI=1S/C16H18FN3O2S/c17-12-1-4-15-14(11-12)16(5-6-18-15)19-7-9-20(10-8-19)23(21,22)13-2-3-13/h1,4-6,11,13H,2-3,7-10H2. The average molecular weight is 335 g/mol.